The summed E-state index contributed by atoms with van der Waals surface area (Å²) < 4.78 is 5.26. The van der Waals surface area contributed by atoms with Crippen molar-refractivity contribution in [1.82, 2.24) is 5.32 Å². The Kier molecular flexibility index (Phi) is 3.88. The third-order valence-electron chi connectivity index (χ3n) is 3.65. The van der Waals surface area contributed by atoms with Crippen LogP contribution in [0.1, 0.15) is 11.1 Å². The zero-order valence-corrected chi connectivity index (χ0v) is 11.6. The lowest BCUT2D eigenvalue weighted by Crippen LogP contribution is -2.24. The van der Waals surface area contributed by atoms with E-state index >= 15 is 0 Å². The molecule has 0 aliphatic carbocycles. The Morgan fingerprint density at radius 2 is 2.10 bits per heavy atom. The summed E-state index contributed by atoms with van der Waals surface area (Å²) in [5.74, 6) is -0.384. The number of hydrogen-bond donors (Lipinski definition) is 2. The Morgan fingerprint density at radius 1 is 1.24 bits per heavy atom. The number of nitrogens with one attached hydrogen (secondary N) is 1. The second-order valence-corrected chi connectivity index (χ2v) is 5.08. The lowest BCUT2D eigenvalue weighted by Gasteiger charge is -2.20. The van der Waals surface area contributed by atoms with Crippen LogP contribution >= 0.6 is 0 Å². The summed E-state index contributed by atoms with van der Waals surface area (Å²) in [4.78, 5) is 10.6. The van der Waals surface area contributed by atoms with Gasteiger partial charge in [-0.25, -0.2) is 4.79 Å². The van der Waals surface area contributed by atoms with Crippen molar-refractivity contribution < 1.29 is 14.6 Å². The van der Waals surface area contributed by atoms with Gasteiger partial charge in [0.2, 0.25) is 0 Å². The second kappa shape index (κ2) is 5.97. The maximum absolute atomic E-state index is 10.6. The molecule has 0 fully saturated rings. The molecule has 1 aliphatic rings. The Balaban J connectivity index is 1.93. The van der Waals surface area contributed by atoms with Crippen LogP contribution in [-0.4, -0.2) is 24.2 Å². The first-order chi connectivity index (χ1) is 10.2. The van der Waals surface area contributed by atoms with Gasteiger partial charge in [0.15, 0.2) is 6.61 Å². The van der Waals surface area contributed by atoms with E-state index in [2.05, 4.69) is 23.5 Å². The van der Waals surface area contributed by atoms with Crippen LogP contribution in [0.3, 0.4) is 0 Å². The largest absolute Gasteiger partial charge is 0.482 e. The minimum Gasteiger partial charge on any atom is -0.482 e. The highest BCUT2D eigenvalue weighted by Gasteiger charge is 2.13. The number of rotatable bonds is 4. The van der Waals surface area contributed by atoms with E-state index in [1.807, 2.05) is 18.2 Å². The number of aliphatic carboxylic acids is 1. The van der Waals surface area contributed by atoms with E-state index in [1.54, 1.807) is 6.07 Å². The molecule has 0 saturated carbocycles. The van der Waals surface area contributed by atoms with Gasteiger partial charge in [0, 0.05) is 6.54 Å². The third-order valence-corrected chi connectivity index (χ3v) is 3.65. The van der Waals surface area contributed by atoms with Crippen molar-refractivity contribution in [2.45, 2.75) is 13.0 Å². The fourth-order valence-electron chi connectivity index (χ4n) is 2.70. The number of carboxylic acid groups (broad SMARTS) is 1. The number of ether oxygens (including phenoxy) is 1. The zero-order valence-electron chi connectivity index (χ0n) is 11.6. The Morgan fingerprint density at radius 3 is 2.95 bits per heavy atom. The number of carbonyl (C=O) groups is 1. The quantitative estimate of drug-likeness (QED) is 0.905. The van der Waals surface area contributed by atoms with Crippen molar-refractivity contribution in [3.05, 3.63) is 53.6 Å². The van der Waals surface area contributed by atoms with Crippen LogP contribution in [0.15, 0.2) is 42.5 Å². The molecule has 2 aromatic rings. The molecule has 4 heteroatoms. The van der Waals surface area contributed by atoms with Crippen LogP contribution in [0.4, 0.5) is 0 Å². The highest BCUT2D eigenvalue weighted by molar-refractivity contribution is 5.71. The summed E-state index contributed by atoms with van der Waals surface area (Å²) in [5, 5.41) is 12.1. The van der Waals surface area contributed by atoms with Gasteiger partial charge in [-0.05, 0) is 47.4 Å². The highest BCUT2D eigenvalue weighted by Crippen LogP contribution is 2.30. The van der Waals surface area contributed by atoms with Crippen LogP contribution in [0.2, 0.25) is 0 Å². The fraction of sp³-hybridized carbons (Fsp3) is 0.235. The average molecular weight is 283 g/mol. The summed E-state index contributed by atoms with van der Waals surface area (Å²) >= 11 is 0. The minimum atomic E-state index is -0.969. The number of carboxylic acids is 1. The predicted octanol–water partition coefficient (Wildman–Crippen LogP) is 2.46. The van der Waals surface area contributed by atoms with E-state index in [0.29, 0.717) is 5.75 Å². The van der Waals surface area contributed by atoms with Crippen LogP contribution in [0.25, 0.3) is 11.1 Å². The van der Waals surface area contributed by atoms with Crippen LogP contribution in [0.5, 0.6) is 5.75 Å². The first-order valence-electron chi connectivity index (χ1n) is 7.00. The Bertz CT molecular complexity index is 667. The van der Waals surface area contributed by atoms with E-state index in [4.69, 9.17) is 9.84 Å². The Hall–Kier alpha value is -2.33. The first kappa shape index (κ1) is 13.6. The maximum atomic E-state index is 10.6. The molecule has 4 nitrogen and oxygen atoms in total. The van der Waals surface area contributed by atoms with Crippen molar-refractivity contribution in [2.24, 2.45) is 0 Å². The third kappa shape index (κ3) is 3.06. The molecule has 2 N–H and O–H groups in total. The smallest absolute Gasteiger partial charge is 0.341 e. The lowest BCUT2D eigenvalue weighted by molar-refractivity contribution is -0.139. The number of hydrogen-bond acceptors (Lipinski definition) is 3. The molecule has 0 unspecified atom stereocenters. The normalized spacial score (nSPS) is 13.5. The number of fused-ring (bicyclic) bond motifs is 1. The monoisotopic (exact) mass is 283 g/mol. The van der Waals surface area contributed by atoms with Gasteiger partial charge in [-0.3, -0.25) is 0 Å². The van der Waals surface area contributed by atoms with Crippen LogP contribution in [0, 0.1) is 0 Å². The second-order valence-electron chi connectivity index (χ2n) is 5.08. The van der Waals surface area contributed by atoms with Gasteiger partial charge < -0.3 is 15.2 Å². The molecule has 1 heterocycles. The molecular formula is C17H17NO3. The molecule has 0 atom stereocenters. The zero-order chi connectivity index (χ0) is 14.7. The van der Waals surface area contributed by atoms with Gasteiger partial charge in [-0.15, -0.1) is 0 Å². The highest BCUT2D eigenvalue weighted by atomic mass is 16.5. The van der Waals surface area contributed by atoms with E-state index in [-0.39, 0.29) is 6.61 Å². The lowest BCUT2D eigenvalue weighted by atomic mass is 9.91. The van der Waals surface area contributed by atoms with E-state index in [1.165, 1.54) is 16.7 Å². The molecule has 0 bridgehead atoms. The van der Waals surface area contributed by atoms with E-state index < -0.39 is 5.97 Å². The van der Waals surface area contributed by atoms with Crippen molar-refractivity contribution in [3.63, 3.8) is 0 Å². The molecule has 0 radical (unpaired) electrons. The van der Waals surface area contributed by atoms with Crippen LogP contribution in [-0.2, 0) is 17.8 Å². The predicted molar refractivity (Wildman–Crippen MR) is 80.4 cm³/mol. The summed E-state index contributed by atoms with van der Waals surface area (Å²) in [6, 6.07) is 13.9. The summed E-state index contributed by atoms with van der Waals surface area (Å²) in [7, 11) is 0. The summed E-state index contributed by atoms with van der Waals surface area (Å²) in [6.07, 6.45) is 1.01. The van der Waals surface area contributed by atoms with Gasteiger partial charge in [-0.2, -0.15) is 0 Å². The average Bonchev–Trinajstić information content (AvgIpc) is 2.52. The molecule has 21 heavy (non-hydrogen) atoms. The van der Waals surface area contributed by atoms with Gasteiger partial charge in [-0.1, -0.05) is 30.3 Å². The number of benzene rings is 2. The van der Waals surface area contributed by atoms with Crippen molar-refractivity contribution in [3.8, 4) is 16.9 Å². The first-order valence-corrected chi connectivity index (χ1v) is 7.00. The van der Waals surface area contributed by atoms with Crippen molar-refractivity contribution in [1.29, 1.82) is 0 Å². The van der Waals surface area contributed by atoms with Crippen molar-refractivity contribution in [2.75, 3.05) is 13.2 Å². The topological polar surface area (TPSA) is 58.6 Å². The molecule has 2 aromatic carbocycles. The standard InChI is InChI=1S/C17H17NO3/c19-17(20)11-21-14-5-1-3-12(9-14)15-6-2-4-13-10-18-8-7-16(13)15/h1-6,9,18H,7-8,10-11H2,(H,19,20). The van der Waals surface area contributed by atoms with E-state index in [9.17, 15) is 4.79 Å². The molecular weight excluding hydrogens is 266 g/mol. The fourth-order valence-corrected chi connectivity index (χ4v) is 2.70. The van der Waals surface area contributed by atoms with Gasteiger partial charge in [0.25, 0.3) is 0 Å². The van der Waals surface area contributed by atoms with Crippen LogP contribution < -0.4 is 10.1 Å². The molecule has 0 spiro atoms. The molecule has 108 valence electrons. The van der Waals surface area contributed by atoms with Gasteiger partial charge >= 0.3 is 5.97 Å². The summed E-state index contributed by atoms with van der Waals surface area (Å²) in [6.45, 7) is 1.57. The summed E-state index contributed by atoms with van der Waals surface area (Å²) in [5.41, 5.74) is 4.97. The van der Waals surface area contributed by atoms with Gasteiger partial charge in [0.1, 0.15) is 5.75 Å². The molecule has 3 rings (SSSR count). The molecule has 1 aliphatic heterocycles. The Labute approximate surface area is 123 Å². The SMILES string of the molecule is O=C(O)COc1cccc(-c2cccc3c2CCNC3)c1. The minimum absolute atomic E-state index is 0.319. The maximum Gasteiger partial charge on any atom is 0.341 e. The van der Waals surface area contributed by atoms with Gasteiger partial charge in [0.05, 0.1) is 0 Å². The molecule has 0 aromatic heterocycles. The molecule has 0 saturated heterocycles. The molecule has 0 amide bonds. The van der Waals surface area contributed by atoms with E-state index in [0.717, 1.165) is 25.1 Å². The van der Waals surface area contributed by atoms with Crippen molar-refractivity contribution >= 4 is 5.97 Å².